The molecule has 0 radical (unpaired) electrons. The molecule has 78 valence electrons. The summed E-state index contributed by atoms with van der Waals surface area (Å²) in [6.07, 6.45) is 6.39. The summed E-state index contributed by atoms with van der Waals surface area (Å²) in [5, 5.41) is 4.58. The maximum Gasteiger partial charge on any atom is 0.00783 e. The standard InChI is InChI=1S/C10H21NS2/c1-3-13-10-5-4-9(8-10)11-6-7-12-2/h9-11H,3-8H2,1-2H3. The van der Waals surface area contributed by atoms with Crippen molar-refractivity contribution in [2.24, 2.45) is 0 Å². The fourth-order valence-electron chi connectivity index (χ4n) is 1.88. The smallest absolute Gasteiger partial charge is 0.00783 e. The molecule has 1 fully saturated rings. The minimum absolute atomic E-state index is 0.816. The van der Waals surface area contributed by atoms with Crippen LogP contribution >= 0.6 is 23.5 Å². The van der Waals surface area contributed by atoms with Gasteiger partial charge in [-0.1, -0.05) is 6.92 Å². The van der Waals surface area contributed by atoms with Crippen LogP contribution in [0.3, 0.4) is 0 Å². The van der Waals surface area contributed by atoms with Crippen LogP contribution in [-0.2, 0) is 0 Å². The zero-order valence-corrected chi connectivity index (χ0v) is 10.3. The van der Waals surface area contributed by atoms with Gasteiger partial charge in [-0.15, -0.1) is 0 Å². The molecule has 0 saturated heterocycles. The van der Waals surface area contributed by atoms with Crippen molar-refractivity contribution in [3.8, 4) is 0 Å². The molecule has 3 heteroatoms. The van der Waals surface area contributed by atoms with Gasteiger partial charge >= 0.3 is 0 Å². The Bertz CT molecular complexity index is 130. The largest absolute Gasteiger partial charge is 0.313 e. The molecule has 1 saturated carbocycles. The highest BCUT2D eigenvalue weighted by atomic mass is 32.2. The highest BCUT2D eigenvalue weighted by Gasteiger charge is 2.23. The SMILES string of the molecule is CCSC1CCC(NCCSC)C1. The monoisotopic (exact) mass is 219 g/mol. The first-order valence-corrected chi connectivity index (χ1v) is 7.65. The molecule has 2 unspecified atom stereocenters. The lowest BCUT2D eigenvalue weighted by atomic mass is 10.2. The van der Waals surface area contributed by atoms with Crippen molar-refractivity contribution in [1.29, 1.82) is 0 Å². The van der Waals surface area contributed by atoms with Gasteiger partial charge in [0.2, 0.25) is 0 Å². The second-order valence-corrected chi connectivity index (χ2v) is 6.10. The van der Waals surface area contributed by atoms with E-state index in [1.807, 2.05) is 11.8 Å². The minimum Gasteiger partial charge on any atom is -0.313 e. The Morgan fingerprint density at radius 1 is 1.38 bits per heavy atom. The second-order valence-electron chi connectivity index (χ2n) is 3.53. The highest BCUT2D eigenvalue weighted by molar-refractivity contribution is 7.99. The molecule has 0 aromatic rings. The third-order valence-corrected chi connectivity index (χ3v) is 4.37. The van der Waals surface area contributed by atoms with Gasteiger partial charge < -0.3 is 5.32 Å². The Kier molecular flexibility index (Phi) is 6.33. The van der Waals surface area contributed by atoms with E-state index < -0.39 is 0 Å². The Balaban J connectivity index is 2.03. The van der Waals surface area contributed by atoms with E-state index in [2.05, 4.69) is 30.3 Å². The first kappa shape index (κ1) is 11.7. The first-order chi connectivity index (χ1) is 6.36. The van der Waals surface area contributed by atoms with Crippen LogP contribution < -0.4 is 5.32 Å². The predicted octanol–water partition coefficient (Wildman–Crippen LogP) is 2.61. The van der Waals surface area contributed by atoms with Crippen LogP contribution in [0, 0.1) is 0 Å². The lowest BCUT2D eigenvalue weighted by Gasteiger charge is -2.12. The zero-order chi connectivity index (χ0) is 9.52. The molecule has 1 aliphatic rings. The van der Waals surface area contributed by atoms with E-state index in [0.717, 1.165) is 11.3 Å². The van der Waals surface area contributed by atoms with Gasteiger partial charge in [-0.05, 0) is 31.3 Å². The van der Waals surface area contributed by atoms with E-state index in [-0.39, 0.29) is 0 Å². The van der Waals surface area contributed by atoms with Crippen molar-refractivity contribution in [3.63, 3.8) is 0 Å². The van der Waals surface area contributed by atoms with Gasteiger partial charge in [-0.2, -0.15) is 23.5 Å². The van der Waals surface area contributed by atoms with E-state index >= 15 is 0 Å². The highest BCUT2D eigenvalue weighted by Crippen LogP contribution is 2.29. The zero-order valence-electron chi connectivity index (χ0n) is 8.71. The summed E-state index contributed by atoms with van der Waals surface area (Å²) in [5.41, 5.74) is 0. The molecule has 1 nitrogen and oxygen atoms in total. The molecule has 1 rings (SSSR count). The molecule has 0 aromatic carbocycles. The molecular formula is C10H21NS2. The van der Waals surface area contributed by atoms with Crippen LogP contribution in [0.2, 0.25) is 0 Å². The maximum atomic E-state index is 3.64. The second kappa shape index (κ2) is 7.02. The topological polar surface area (TPSA) is 12.0 Å². The quantitative estimate of drug-likeness (QED) is 0.690. The fourth-order valence-corrected chi connectivity index (χ4v) is 3.34. The van der Waals surface area contributed by atoms with Gasteiger partial charge in [-0.25, -0.2) is 0 Å². The molecule has 0 bridgehead atoms. The van der Waals surface area contributed by atoms with Crippen molar-refractivity contribution in [3.05, 3.63) is 0 Å². The van der Waals surface area contributed by atoms with Crippen molar-refractivity contribution in [1.82, 2.24) is 5.32 Å². The number of rotatable bonds is 6. The minimum atomic E-state index is 0.816. The normalized spacial score (nSPS) is 28.2. The number of hydrogen-bond donors (Lipinski definition) is 1. The van der Waals surface area contributed by atoms with Crippen LogP contribution in [0.25, 0.3) is 0 Å². The lowest BCUT2D eigenvalue weighted by molar-refractivity contribution is 0.546. The Morgan fingerprint density at radius 2 is 2.23 bits per heavy atom. The third kappa shape index (κ3) is 4.61. The average Bonchev–Trinajstić information content (AvgIpc) is 2.54. The van der Waals surface area contributed by atoms with Gasteiger partial charge in [0, 0.05) is 23.6 Å². The Labute approximate surface area is 90.8 Å². The fraction of sp³-hybridized carbons (Fsp3) is 1.00. The van der Waals surface area contributed by atoms with Crippen molar-refractivity contribution >= 4 is 23.5 Å². The van der Waals surface area contributed by atoms with Gasteiger partial charge in [0.25, 0.3) is 0 Å². The predicted molar refractivity (Wildman–Crippen MR) is 65.9 cm³/mol. The number of hydrogen-bond acceptors (Lipinski definition) is 3. The van der Waals surface area contributed by atoms with Crippen LogP contribution in [0.4, 0.5) is 0 Å². The molecule has 0 spiro atoms. The summed E-state index contributed by atoms with van der Waals surface area (Å²) < 4.78 is 0. The van der Waals surface area contributed by atoms with Crippen LogP contribution in [0.1, 0.15) is 26.2 Å². The molecule has 0 amide bonds. The molecule has 2 atom stereocenters. The van der Waals surface area contributed by atoms with E-state index in [0.29, 0.717) is 0 Å². The number of thioether (sulfide) groups is 2. The summed E-state index contributed by atoms with van der Waals surface area (Å²) in [5.74, 6) is 2.53. The molecule has 0 aromatic heterocycles. The lowest BCUT2D eigenvalue weighted by Crippen LogP contribution is -2.28. The molecule has 1 N–H and O–H groups in total. The molecule has 1 aliphatic carbocycles. The van der Waals surface area contributed by atoms with E-state index in [1.165, 1.54) is 37.3 Å². The van der Waals surface area contributed by atoms with E-state index in [1.54, 1.807) is 0 Å². The van der Waals surface area contributed by atoms with E-state index in [9.17, 15) is 0 Å². The first-order valence-electron chi connectivity index (χ1n) is 5.20. The summed E-state index contributed by atoms with van der Waals surface area (Å²) in [6, 6.07) is 0.816. The Morgan fingerprint density at radius 3 is 2.92 bits per heavy atom. The van der Waals surface area contributed by atoms with Gasteiger partial charge in [0.15, 0.2) is 0 Å². The van der Waals surface area contributed by atoms with Crippen LogP contribution in [0.15, 0.2) is 0 Å². The van der Waals surface area contributed by atoms with E-state index in [4.69, 9.17) is 0 Å². The van der Waals surface area contributed by atoms with Gasteiger partial charge in [-0.3, -0.25) is 0 Å². The summed E-state index contributed by atoms with van der Waals surface area (Å²) in [7, 11) is 0. The van der Waals surface area contributed by atoms with Crippen LogP contribution in [0.5, 0.6) is 0 Å². The summed E-state index contributed by atoms with van der Waals surface area (Å²) >= 11 is 4.06. The Hall–Kier alpha value is 0.660. The third-order valence-electron chi connectivity index (χ3n) is 2.53. The maximum absolute atomic E-state index is 3.64. The van der Waals surface area contributed by atoms with Gasteiger partial charge in [0.05, 0.1) is 0 Å². The summed E-state index contributed by atoms with van der Waals surface area (Å²) in [6.45, 7) is 3.45. The number of nitrogens with one attached hydrogen (secondary N) is 1. The molecule has 13 heavy (non-hydrogen) atoms. The van der Waals surface area contributed by atoms with Crippen molar-refractivity contribution < 1.29 is 0 Å². The average molecular weight is 219 g/mol. The molecule has 0 aliphatic heterocycles. The summed E-state index contributed by atoms with van der Waals surface area (Å²) in [4.78, 5) is 0. The van der Waals surface area contributed by atoms with Crippen LogP contribution in [-0.4, -0.2) is 35.6 Å². The van der Waals surface area contributed by atoms with Gasteiger partial charge in [0.1, 0.15) is 0 Å². The van der Waals surface area contributed by atoms with Crippen molar-refractivity contribution in [2.45, 2.75) is 37.5 Å². The molecule has 0 heterocycles. The molecular weight excluding hydrogens is 198 g/mol. The van der Waals surface area contributed by atoms with Crippen molar-refractivity contribution in [2.75, 3.05) is 24.3 Å².